The molecule has 86 valence electrons. The summed E-state index contributed by atoms with van der Waals surface area (Å²) in [6, 6.07) is 0. The fourth-order valence-electron chi connectivity index (χ4n) is 0.529. The maximum absolute atomic E-state index is 12.3. The second-order valence-corrected chi connectivity index (χ2v) is 12.1. The molecule has 10 nitrogen and oxygen atoms in total. The molecule has 0 fully saturated rings. The van der Waals surface area contributed by atoms with Crippen LogP contribution in [0.2, 0.25) is 0 Å². The Balaban J connectivity index is 0. The molecule has 0 spiro atoms. The van der Waals surface area contributed by atoms with E-state index in [1.54, 1.807) is 0 Å². The molecule has 0 heterocycles. The summed E-state index contributed by atoms with van der Waals surface area (Å²) in [6.45, 7) is 0. The van der Waals surface area contributed by atoms with Crippen LogP contribution in [0.1, 0.15) is 0 Å². The first-order chi connectivity index (χ1) is 7.45. The van der Waals surface area contributed by atoms with E-state index in [1.807, 2.05) is 0 Å². The summed E-state index contributed by atoms with van der Waals surface area (Å²) in [5, 5.41) is 50.9. The number of hydrogen-bond donors (Lipinski definition) is 0. The molecule has 0 aromatic carbocycles. The summed E-state index contributed by atoms with van der Waals surface area (Å²) in [4.78, 5) is 0.0536. The van der Waals surface area contributed by atoms with E-state index in [0.29, 0.717) is 12.5 Å². The van der Waals surface area contributed by atoms with Gasteiger partial charge in [-0.1, -0.05) is 0 Å². The van der Waals surface area contributed by atoms with Crippen LogP contribution in [-0.2, 0) is 24.5 Å². The SMILES string of the molecule is N#C[O][Cr](=[O])(=[O])([C]#N)([C]#N)([C]#N)([C]#N)[O]C#N.[KH]. The van der Waals surface area contributed by atoms with Crippen molar-refractivity contribution in [1.29, 1.82) is 31.6 Å². The number of nitrogens with zero attached hydrogens (tertiary/aromatic N) is 6. The minimum atomic E-state index is -10.5. The molecule has 0 atom stereocenters. The molecule has 0 saturated heterocycles. The van der Waals surface area contributed by atoms with Gasteiger partial charge in [-0.2, -0.15) is 0 Å². The quantitative estimate of drug-likeness (QED) is 0.453. The van der Waals surface area contributed by atoms with Gasteiger partial charge in [-0.15, -0.1) is 0 Å². The topological polar surface area (TPSA) is 195 Å². The Morgan fingerprint density at radius 3 is 1.00 bits per heavy atom. The van der Waals surface area contributed by atoms with Gasteiger partial charge in [0.2, 0.25) is 0 Å². The molecule has 12 heteroatoms. The molecule has 0 radical (unpaired) electrons. The van der Waals surface area contributed by atoms with Gasteiger partial charge >= 0.3 is 140 Å². The Bertz CT molecular complexity index is 838. The van der Waals surface area contributed by atoms with Crippen molar-refractivity contribution in [2.75, 3.05) is 0 Å². The van der Waals surface area contributed by atoms with E-state index in [-0.39, 0.29) is 71.1 Å². The van der Waals surface area contributed by atoms with Gasteiger partial charge < -0.3 is 0 Å². The third-order valence-corrected chi connectivity index (χ3v) is 7.24. The molecule has 18 heavy (non-hydrogen) atoms. The van der Waals surface area contributed by atoms with Gasteiger partial charge in [0.1, 0.15) is 0 Å². The Hall–Kier alpha value is -1.69. The number of hydrogen-bond acceptors (Lipinski definition) is 10. The molecule has 0 saturated carbocycles. The summed E-state index contributed by atoms with van der Waals surface area (Å²) >= 11 is 0. The van der Waals surface area contributed by atoms with Crippen molar-refractivity contribution in [3.63, 3.8) is 0 Å². The van der Waals surface area contributed by atoms with Gasteiger partial charge in [0.25, 0.3) is 0 Å². The number of nitriles is 6. The van der Waals surface area contributed by atoms with E-state index in [4.69, 9.17) is 31.6 Å². The summed E-state index contributed by atoms with van der Waals surface area (Å²) < 4.78 is 31.2. The Labute approximate surface area is 138 Å². The van der Waals surface area contributed by atoms with Crippen LogP contribution < -0.4 is 0 Å². The molecule has 0 rings (SSSR count). The fraction of sp³-hybridized carbons (Fsp3) is 0. The van der Waals surface area contributed by atoms with Crippen LogP contribution in [0.25, 0.3) is 0 Å². The molecule has 0 aliphatic rings. The third kappa shape index (κ3) is 1.42. The van der Waals surface area contributed by atoms with E-state index in [1.165, 1.54) is 0 Å². The van der Waals surface area contributed by atoms with Gasteiger partial charge in [-0.3, -0.25) is 0 Å². The van der Waals surface area contributed by atoms with Crippen LogP contribution in [0.15, 0.2) is 0 Å². The van der Waals surface area contributed by atoms with E-state index in [2.05, 4.69) is 7.58 Å². The predicted molar refractivity (Wildman–Crippen MR) is 44.4 cm³/mol. The average molecular weight is 312 g/mol. The van der Waals surface area contributed by atoms with Crippen molar-refractivity contribution in [1.82, 2.24) is 0 Å². The molecule has 0 aromatic heterocycles. The van der Waals surface area contributed by atoms with Crippen molar-refractivity contribution in [2.45, 2.75) is 0 Å². The van der Waals surface area contributed by atoms with Crippen LogP contribution in [0.3, 0.4) is 0 Å². The van der Waals surface area contributed by atoms with Crippen LogP contribution >= 0.6 is 0 Å². The molecule has 0 N–H and O–H groups in total. The monoisotopic (exact) mass is 312 g/mol. The van der Waals surface area contributed by atoms with Crippen molar-refractivity contribution >= 4 is 51.4 Å². The fourth-order valence-corrected chi connectivity index (χ4v) is 2.18. The molecule has 0 bridgehead atoms. The van der Waals surface area contributed by atoms with E-state index < -0.39 is 9.33 Å². The summed E-state index contributed by atoms with van der Waals surface area (Å²) in [5.41, 5.74) is 0. The van der Waals surface area contributed by atoms with Crippen LogP contribution in [0.4, 0.5) is 0 Å². The zero-order valence-electron chi connectivity index (χ0n) is 7.72. The van der Waals surface area contributed by atoms with E-state index in [9.17, 15) is 7.61 Å². The van der Waals surface area contributed by atoms with E-state index >= 15 is 0 Å². The Morgan fingerprint density at radius 1 is 0.667 bits per heavy atom. The minimum absolute atomic E-state index is 0. The molecule has 0 unspecified atom stereocenters. The Morgan fingerprint density at radius 2 is 0.889 bits per heavy atom. The summed E-state index contributed by atoms with van der Waals surface area (Å²) in [5.74, 6) is 0. The van der Waals surface area contributed by atoms with Gasteiger partial charge in [0.15, 0.2) is 0 Å². The van der Waals surface area contributed by atoms with Crippen molar-refractivity contribution in [3.05, 3.63) is 0 Å². The summed E-state index contributed by atoms with van der Waals surface area (Å²) in [6.07, 6.45) is 0.672. The van der Waals surface area contributed by atoms with Crippen molar-refractivity contribution in [2.24, 2.45) is 0 Å². The summed E-state index contributed by atoms with van der Waals surface area (Å²) in [7, 11) is -10.5. The maximum atomic E-state index is 12.3. The molecule has 0 aliphatic carbocycles. The van der Waals surface area contributed by atoms with Gasteiger partial charge in [0, 0.05) is 0 Å². The van der Waals surface area contributed by atoms with Gasteiger partial charge in [-0.25, -0.2) is 0 Å². The van der Waals surface area contributed by atoms with Crippen LogP contribution in [0.5, 0.6) is 0 Å². The molecule has 0 aromatic rings. The van der Waals surface area contributed by atoms with E-state index in [0.717, 1.165) is 0 Å². The number of rotatable bonds is 2. The average Bonchev–Trinajstić information content (AvgIpc) is 2.33. The molecular formula is C6HCrKN6O4. The zero-order chi connectivity index (χ0) is 14.0. The predicted octanol–water partition coefficient (Wildman–Crippen LogP) is -0.925. The molecule has 0 amide bonds. The van der Waals surface area contributed by atoms with Crippen LogP contribution in [-0.4, -0.2) is 51.4 Å². The standard InChI is InChI=1S/2CHNO.4CN.Cr.K.2O.H/c2*2-1-3;4*1-2;;;;;/h2*3H;;;;;;;;;/q;;;;;;+2;;;;/p-2. The van der Waals surface area contributed by atoms with Crippen LogP contribution in [0, 0.1) is 63.8 Å². The molecule has 0 aliphatic heterocycles. The van der Waals surface area contributed by atoms with Crippen molar-refractivity contribution < 1.29 is 24.5 Å². The van der Waals surface area contributed by atoms with Gasteiger partial charge in [-0.05, 0) is 0 Å². The third-order valence-electron chi connectivity index (χ3n) is 1.76. The molecular weight excluding hydrogens is 311 g/mol. The Kier molecular flexibility index (Phi) is 2.76. The van der Waals surface area contributed by atoms with Crippen molar-refractivity contribution in [3.8, 4) is 32.2 Å². The second-order valence-electron chi connectivity index (χ2n) is 3.07. The van der Waals surface area contributed by atoms with Gasteiger partial charge in [0.05, 0.1) is 0 Å². The second kappa shape index (κ2) is 2.66. The first-order valence-electron chi connectivity index (χ1n) is 3.23. The zero-order valence-corrected chi connectivity index (χ0v) is 9.00. The first-order valence-corrected chi connectivity index (χ1v) is 7.87. The first kappa shape index (κ1) is 18.7. The normalized spacial score (nSPS) is 17.0.